The molecule has 5 rings (SSSR count). The lowest BCUT2D eigenvalue weighted by Crippen LogP contribution is -2.49. The lowest BCUT2D eigenvalue weighted by atomic mass is 9.78. The van der Waals surface area contributed by atoms with Crippen molar-refractivity contribution in [3.8, 4) is 10.4 Å². The van der Waals surface area contributed by atoms with E-state index in [-0.39, 0.29) is 13.3 Å². The normalized spacial score (nSPS) is 24.5. The summed E-state index contributed by atoms with van der Waals surface area (Å²) in [6.07, 6.45) is 11.6. The van der Waals surface area contributed by atoms with Crippen LogP contribution in [0.3, 0.4) is 0 Å². The van der Waals surface area contributed by atoms with Gasteiger partial charge < -0.3 is 9.64 Å². The predicted octanol–water partition coefficient (Wildman–Crippen LogP) is 4.37. The topological polar surface area (TPSA) is 50.6 Å². The Bertz CT molecular complexity index is 855. The largest absolute Gasteiger partial charge is 0.379 e. The van der Waals surface area contributed by atoms with Crippen LogP contribution >= 0.6 is 11.3 Å². The van der Waals surface area contributed by atoms with Crippen LogP contribution in [0.25, 0.3) is 10.4 Å². The fraction of sp³-hybridized carbons (Fsp3) is 0.667. The molecule has 0 N–H and O–H groups in total. The van der Waals surface area contributed by atoms with Crippen molar-refractivity contribution in [3.05, 3.63) is 29.4 Å². The van der Waals surface area contributed by atoms with Crippen LogP contribution in [0.15, 0.2) is 23.8 Å². The van der Waals surface area contributed by atoms with E-state index in [4.69, 9.17) is 4.74 Å². The maximum Gasteiger partial charge on any atom is 0.254 e. The number of fused-ring (bicyclic) bond motifs is 1. The smallest absolute Gasteiger partial charge is 0.254 e. The fourth-order valence-electron chi connectivity index (χ4n) is 5.32. The summed E-state index contributed by atoms with van der Waals surface area (Å²) in [5.74, 6) is 0.952. The van der Waals surface area contributed by atoms with Crippen LogP contribution < -0.4 is 0 Å². The summed E-state index contributed by atoms with van der Waals surface area (Å²) in [7, 11) is 0. The van der Waals surface area contributed by atoms with Gasteiger partial charge in [0.2, 0.25) is 0 Å². The lowest BCUT2D eigenvalue weighted by Gasteiger charge is -2.44. The number of piperidine rings is 1. The van der Waals surface area contributed by atoms with Crippen LogP contribution in [-0.2, 0) is 11.3 Å². The van der Waals surface area contributed by atoms with Gasteiger partial charge in [0.15, 0.2) is 0 Å². The van der Waals surface area contributed by atoms with Crippen LogP contribution in [0.4, 0.5) is 0 Å². The zero-order valence-corrected chi connectivity index (χ0v) is 18.5. The molecule has 3 aliphatic rings. The molecule has 2 unspecified atom stereocenters. The highest BCUT2D eigenvalue weighted by Gasteiger charge is 2.36. The van der Waals surface area contributed by atoms with E-state index in [2.05, 4.69) is 27.2 Å². The summed E-state index contributed by atoms with van der Waals surface area (Å²) in [6.45, 7) is 6.46. The first-order chi connectivity index (χ1) is 14.8. The van der Waals surface area contributed by atoms with Crippen molar-refractivity contribution in [1.29, 1.82) is 0 Å². The van der Waals surface area contributed by atoms with Gasteiger partial charge in [-0.25, -0.2) is 0 Å². The summed E-state index contributed by atoms with van der Waals surface area (Å²) in [5, 5.41) is 6.58. The second kappa shape index (κ2) is 10.3. The lowest BCUT2D eigenvalue weighted by molar-refractivity contribution is 0.0359. The maximum absolute atomic E-state index is 13.3. The molecule has 1 saturated carbocycles. The zero-order valence-electron chi connectivity index (χ0n) is 17.7. The van der Waals surface area contributed by atoms with E-state index >= 15 is 0 Å². The molecule has 170 valence electrons. The van der Waals surface area contributed by atoms with Gasteiger partial charge in [-0.05, 0) is 37.7 Å². The Balaban J connectivity index is 0.00000231. The number of morpholine rings is 1. The van der Waals surface area contributed by atoms with Crippen molar-refractivity contribution in [1.82, 2.24) is 19.6 Å². The van der Waals surface area contributed by atoms with Crippen molar-refractivity contribution >= 4 is 17.2 Å². The second-order valence-electron chi connectivity index (χ2n) is 8.90. The molecule has 2 aliphatic heterocycles. The SMILES string of the molecule is C.O=C(c1csc(-c2cnn(CCN3CCOCC3)c2)c1)N1CCCC2CCCCC21. The molecule has 0 spiro atoms. The van der Waals surface area contributed by atoms with Gasteiger partial charge in [-0.3, -0.25) is 14.4 Å². The molecule has 31 heavy (non-hydrogen) atoms. The molecule has 4 heterocycles. The first-order valence-electron chi connectivity index (χ1n) is 11.5. The Morgan fingerprint density at radius 3 is 2.77 bits per heavy atom. The minimum absolute atomic E-state index is 0. The summed E-state index contributed by atoms with van der Waals surface area (Å²) in [6, 6.07) is 2.54. The third kappa shape index (κ3) is 5.04. The molecular formula is C24H36N4O2S. The molecule has 0 radical (unpaired) electrons. The van der Waals surface area contributed by atoms with Gasteiger partial charge in [-0.2, -0.15) is 5.10 Å². The van der Waals surface area contributed by atoms with Gasteiger partial charge in [-0.1, -0.05) is 20.3 Å². The Hall–Kier alpha value is -1.70. The molecule has 2 aromatic heterocycles. The first kappa shape index (κ1) is 22.5. The molecule has 7 heteroatoms. The van der Waals surface area contributed by atoms with Gasteiger partial charge in [-0.15, -0.1) is 11.3 Å². The highest BCUT2D eigenvalue weighted by Crippen LogP contribution is 2.37. The predicted molar refractivity (Wildman–Crippen MR) is 126 cm³/mol. The average molecular weight is 445 g/mol. The number of aromatic nitrogens is 2. The first-order valence-corrected chi connectivity index (χ1v) is 12.4. The Kier molecular flexibility index (Phi) is 7.46. The number of rotatable bonds is 5. The third-order valence-corrected chi connectivity index (χ3v) is 8.00. The monoisotopic (exact) mass is 444 g/mol. The van der Waals surface area contributed by atoms with Gasteiger partial charge in [0.1, 0.15) is 0 Å². The molecule has 2 atom stereocenters. The summed E-state index contributed by atoms with van der Waals surface area (Å²) < 4.78 is 7.43. The Morgan fingerprint density at radius 1 is 1.10 bits per heavy atom. The highest BCUT2D eigenvalue weighted by atomic mass is 32.1. The van der Waals surface area contributed by atoms with Gasteiger partial charge >= 0.3 is 0 Å². The molecule has 3 fully saturated rings. The molecule has 1 amide bonds. The summed E-state index contributed by atoms with van der Waals surface area (Å²) in [4.78, 5) is 19.0. The highest BCUT2D eigenvalue weighted by molar-refractivity contribution is 7.13. The second-order valence-corrected chi connectivity index (χ2v) is 9.81. The van der Waals surface area contributed by atoms with Crippen LogP contribution in [0.1, 0.15) is 56.3 Å². The number of nitrogens with zero attached hydrogens (tertiary/aromatic N) is 4. The standard InChI is InChI=1S/C23H32N4O2S.CH4/c28-23(27-7-3-5-18-4-1-2-6-21(18)27)19-14-22(30-17-19)20-15-24-26(16-20)9-8-25-10-12-29-13-11-25;/h14-18,21H,1-13H2;1H4. The van der Waals surface area contributed by atoms with E-state index < -0.39 is 0 Å². The molecule has 2 aromatic rings. The van der Waals surface area contributed by atoms with Crippen molar-refractivity contribution < 1.29 is 9.53 Å². The number of amides is 1. The van der Waals surface area contributed by atoms with Gasteiger partial charge in [0.05, 0.1) is 31.5 Å². The van der Waals surface area contributed by atoms with Crippen molar-refractivity contribution in [3.63, 3.8) is 0 Å². The minimum atomic E-state index is 0. The summed E-state index contributed by atoms with van der Waals surface area (Å²) in [5.41, 5.74) is 1.96. The van der Waals surface area contributed by atoms with E-state index in [1.165, 1.54) is 32.1 Å². The number of hydrogen-bond acceptors (Lipinski definition) is 5. The van der Waals surface area contributed by atoms with Gasteiger partial charge in [0, 0.05) is 54.2 Å². The number of carbonyl (C=O) groups excluding carboxylic acids is 1. The van der Waals surface area contributed by atoms with Crippen LogP contribution in [0.2, 0.25) is 0 Å². The molecule has 0 bridgehead atoms. The molecular weight excluding hydrogens is 408 g/mol. The Labute approximate surface area is 190 Å². The van der Waals surface area contributed by atoms with E-state index in [1.807, 2.05) is 16.3 Å². The van der Waals surface area contributed by atoms with E-state index in [0.717, 1.165) is 74.3 Å². The third-order valence-electron chi connectivity index (χ3n) is 7.02. The molecule has 1 aliphatic carbocycles. The van der Waals surface area contributed by atoms with Crippen molar-refractivity contribution in [2.24, 2.45) is 5.92 Å². The van der Waals surface area contributed by atoms with Gasteiger partial charge in [0.25, 0.3) is 5.91 Å². The quantitative estimate of drug-likeness (QED) is 0.687. The van der Waals surface area contributed by atoms with E-state index in [9.17, 15) is 4.79 Å². The van der Waals surface area contributed by atoms with Crippen molar-refractivity contribution in [2.45, 2.75) is 58.5 Å². The fourth-order valence-corrected chi connectivity index (χ4v) is 6.18. The maximum atomic E-state index is 13.3. The summed E-state index contributed by atoms with van der Waals surface area (Å²) >= 11 is 1.66. The average Bonchev–Trinajstić information content (AvgIpc) is 3.47. The number of carbonyl (C=O) groups is 1. The number of ether oxygens (including phenoxy) is 1. The van der Waals surface area contributed by atoms with Crippen LogP contribution in [0, 0.1) is 5.92 Å². The van der Waals surface area contributed by atoms with E-state index in [0.29, 0.717) is 6.04 Å². The number of thiophene rings is 1. The van der Waals surface area contributed by atoms with Crippen LogP contribution in [-0.4, -0.2) is 70.9 Å². The number of hydrogen-bond donors (Lipinski definition) is 0. The van der Waals surface area contributed by atoms with Crippen LogP contribution in [0.5, 0.6) is 0 Å². The number of likely N-dealkylation sites (tertiary alicyclic amines) is 1. The molecule has 0 aromatic carbocycles. The molecule has 6 nitrogen and oxygen atoms in total. The minimum Gasteiger partial charge on any atom is -0.379 e. The van der Waals surface area contributed by atoms with E-state index in [1.54, 1.807) is 11.3 Å². The molecule has 2 saturated heterocycles. The zero-order chi connectivity index (χ0) is 20.3. The Morgan fingerprint density at radius 2 is 1.90 bits per heavy atom. The van der Waals surface area contributed by atoms with Crippen molar-refractivity contribution in [2.75, 3.05) is 39.4 Å².